The first kappa shape index (κ1) is 14.2. The quantitative estimate of drug-likeness (QED) is 0.690. The van der Waals surface area contributed by atoms with Crippen LogP contribution in [-0.4, -0.2) is 19.7 Å². The van der Waals surface area contributed by atoms with Crippen molar-refractivity contribution in [2.24, 2.45) is 0 Å². The standard InChI is InChI=1S/C13H9F3N4O2/c1-6-5-9(21)22-11-10(6)7(2)20(19-11)12-17-4-3-8(18-12)13(14,15)16/h3-5H,1-2H3. The van der Waals surface area contributed by atoms with E-state index in [1.165, 1.54) is 6.07 Å². The molecule has 9 heteroatoms. The predicted molar refractivity (Wildman–Crippen MR) is 69.7 cm³/mol. The molecule has 0 N–H and O–H groups in total. The topological polar surface area (TPSA) is 73.8 Å². The third kappa shape index (κ3) is 2.24. The van der Waals surface area contributed by atoms with Gasteiger partial charge in [0.2, 0.25) is 5.71 Å². The first-order valence-corrected chi connectivity index (χ1v) is 6.18. The van der Waals surface area contributed by atoms with E-state index < -0.39 is 17.5 Å². The van der Waals surface area contributed by atoms with Crippen molar-refractivity contribution in [2.45, 2.75) is 20.0 Å². The van der Waals surface area contributed by atoms with Gasteiger partial charge in [0.1, 0.15) is 5.69 Å². The Kier molecular flexibility index (Phi) is 3.01. The molecule has 6 nitrogen and oxygen atoms in total. The van der Waals surface area contributed by atoms with E-state index in [0.29, 0.717) is 16.6 Å². The number of halogens is 3. The minimum Gasteiger partial charge on any atom is -0.402 e. The monoisotopic (exact) mass is 310 g/mol. The molecule has 0 saturated carbocycles. The van der Waals surface area contributed by atoms with E-state index in [4.69, 9.17) is 4.42 Å². The molecular formula is C13H9F3N4O2. The molecule has 3 rings (SSSR count). The van der Waals surface area contributed by atoms with E-state index in [1.54, 1.807) is 13.8 Å². The number of aryl methyl sites for hydroxylation is 2. The Hall–Kier alpha value is -2.71. The van der Waals surface area contributed by atoms with Crippen LogP contribution in [-0.2, 0) is 6.18 Å². The lowest BCUT2D eigenvalue weighted by Crippen LogP contribution is -2.12. The van der Waals surface area contributed by atoms with Gasteiger partial charge < -0.3 is 4.42 Å². The highest BCUT2D eigenvalue weighted by Gasteiger charge is 2.33. The van der Waals surface area contributed by atoms with Gasteiger partial charge in [0, 0.05) is 12.3 Å². The average Bonchev–Trinajstić information content (AvgIpc) is 2.75. The van der Waals surface area contributed by atoms with Crippen LogP contribution in [0.25, 0.3) is 17.0 Å². The molecule has 22 heavy (non-hydrogen) atoms. The highest BCUT2D eigenvalue weighted by atomic mass is 19.4. The molecule has 0 bridgehead atoms. The van der Waals surface area contributed by atoms with Gasteiger partial charge in [-0.2, -0.15) is 17.9 Å². The molecule has 3 aromatic rings. The first-order valence-electron chi connectivity index (χ1n) is 6.18. The number of nitrogens with zero attached hydrogens (tertiary/aromatic N) is 4. The van der Waals surface area contributed by atoms with Crippen LogP contribution in [0.15, 0.2) is 27.5 Å². The zero-order valence-corrected chi connectivity index (χ0v) is 11.5. The fourth-order valence-corrected chi connectivity index (χ4v) is 2.18. The van der Waals surface area contributed by atoms with E-state index >= 15 is 0 Å². The van der Waals surface area contributed by atoms with Gasteiger partial charge in [-0.15, -0.1) is 5.10 Å². The van der Waals surface area contributed by atoms with Crippen LogP contribution in [0.1, 0.15) is 17.0 Å². The van der Waals surface area contributed by atoms with Gasteiger partial charge in [0.05, 0.1) is 11.1 Å². The Morgan fingerprint density at radius 2 is 2.00 bits per heavy atom. The first-order chi connectivity index (χ1) is 10.3. The van der Waals surface area contributed by atoms with Gasteiger partial charge in [-0.1, -0.05) is 0 Å². The molecule has 114 valence electrons. The molecule has 0 aliphatic carbocycles. The van der Waals surface area contributed by atoms with Crippen molar-refractivity contribution in [3.63, 3.8) is 0 Å². The minimum atomic E-state index is -4.58. The molecule has 0 atom stereocenters. The number of hydrogen-bond donors (Lipinski definition) is 0. The van der Waals surface area contributed by atoms with Crippen LogP contribution >= 0.6 is 0 Å². The van der Waals surface area contributed by atoms with Gasteiger partial charge in [0.15, 0.2) is 0 Å². The number of alkyl halides is 3. The smallest absolute Gasteiger partial charge is 0.402 e. The summed E-state index contributed by atoms with van der Waals surface area (Å²) in [6.45, 7) is 3.32. The van der Waals surface area contributed by atoms with E-state index in [2.05, 4.69) is 15.1 Å². The van der Waals surface area contributed by atoms with Gasteiger partial charge in [0.25, 0.3) is 5.95 Å². The molecule has 3 aromatic heterocycles. The lowest BCUT2D eigenvalue weighted by atomic mass is 10.2. The summed E-state index contributed by atoms with van der Waals surface area (Å²) in [7, 11) is 0. The highest BCUT2D eigenvalue weighted by Crippen LogP contribution is 2.28. The highest BCUT2D eigenvalue weighted by molar-refractivity contribution is 5.80. The maximum atomic E-state index is 12.7. The Morgan fingerprint density at radius 3 is 2.68 bits per heavy atom. The minimum absolute atomic E-state index is 0.0310. The summed E-state index contributed by atoms with van der Waals surface area (Å²) in [6.07, 6.45) is -3.58. The van der Waals surface area contributed by atoms with Crippen LogP contribution in [0.2, 0.25) is 0 Å². The normalized spacial score (nSPS) is 12.0. The molecule has 0 spiro atoms. The van der Waals surface area contributed by atoms with Crippen LogP contribution in [0, 0.1) is 13.8 Å². The SMILES string of the molecule is Cc1cc(=O)oc2nn(-c3nccc(C(F)(F)F)n3)c(C)c12. The summed E-state index contributed by atoms with van der Waals surface area (Å²) in [5, 5.41) is 4.53. The molecule has 0 aliphatic heterocycles. The van der Waals surface area contributed by atoms with Crippen LogP contribution < -0.4 is 5.63 Å². The molecule has 0 radical (unpaired) electrons. The van der Waals surface area contributed by atoms with E-state index in [9.17, 15) is 18.0 Å². The lowest BCUT2D eigenvalue weighted by Gasteiger charge is -2.07. The van der Waals surface area contributed by atoms with Crippen LogP contribution in [0.5, 0.6) is 0 Å². The van der Waals surface area contributed by atoms with Crippen molar-refractivity contribution in [3.8, 4) is 5.95 Å². The van der Waals surface area contributed by atoms with Crippen LogP contribution in [0.4, 0.5) is 13.2 Å². The second-order valence-electron chi connectivity index (χ2n) is 4.67. The fourth-order valence-electron chi connectivity index (χ4n) is 2.18. The van der Waals surface area contributed by atoms with Gasteiger partial charge in [-0.3, -0.25) is 0 Å². The van der Waals surface area contributed by atoms with Crippen molar-refractivity contribution in [1.82, 2.24) is 19.7 Å². The molecule has 0 aromatic carbocycles. The van der Waals surface area contributed by atoms with Crippen molar-refractivity contribution in [3.05, 3.63) is 45.7 Å². The Balaban J connectivity index is 2.25. The molecule has 0 saturated heterocycles. The lowest BCUT2D eigenvalue weighted by molar-refractivity contribution is -0.141. The molecular weight excluding hydrogens is 301 g/mol. The third-order valence-corrected chi connectivity index (χ3v) is 3.13. The van der Waals surface area contributed by atoms with Crippen molar-refractivity contribution < 1.29 is 17.6 Å². The zero-order chi connectivity index (χ0) is 16.1. The van der Waals surface area contributed by atoms with E-state index in [-0.39, 0.29) is 11.7 Å². The average molecular weight is 310 g/mol. The Bertz CT molecular complexity index is 927. The Morgan fingerprint density at radius 1 is 1.27 bits per heavy atom. The molecule has 0 aliphatic rings. The van der Waals surface area contributed by atoms with Gasteiger partial charge >= 0.3 is 11.8 Å². The summed E-state index contributed by atoms with van der Waals surface area (Å²) in [6, 6.07) is 2.06. The number of hydrogen-bond acceptors (Lipinski definition) is 5. The molecule has 3 heterocycles. The largest absolute Gasteiger partial charge is 0.433 e. The maximum Gasteiger partial charge on any atom is 0.433 e. The molecule has 0 amide bonds. The second-order valence-corrected chi connectivity index (χ2v) is 4.67. The summed E-state index contributed by atoms with van der Waals surface area (Å²) in [4.78, 5) is 18.6. The van der Waals surface area contributed by atoms with Gasteiger partial charge in [-0.05, 0) is 25.5 Å². The number of aromatic nitrogens is 4. The summed E-state index contributed by atoms with van der Waals surface area (Å²) < 4.78 is 44.3. The summed E-state index contributed by atoms with van der Waals surface area (Å²) in [5.74, 6) is -0.245. The number of rotatable bonds is 1. The maximum absolute atomic E-state index is 12.7. The van der Waals surface area contributed by atoms with Crippen molar-refractivity contribution in [1.29, 1.82) is 0 Å². The number of fused-ring (bicyclic) bond motifs is 1. The fraction of sp³-hybridized carbons (Fsp3) is 0.231. The Labute approximate surface area is 121 Å². The van der Waals surface area contributed by atoms with Crippen molar-refractivity contribution >= 4 is 11.1 Å². The third-order valence-electron chi connectivity index (χ3n) is 3.13. The van der Waals surface area contributed by atoms with E-state index in [1.807, 2.05) is 0 Å². The summed E-state index contributed by atoms with van der Waals surface area (Å²) in [5.41, 5.74) is -0.532. The predicted octanol–water partition coefficient (Wildman–Crippen LogP) is 2.40. The van der Waals surface area contributed by atoms with Gasteiger partial charge in [-0.25, -0.2) is 14.8 Å². The molecule has 0 fully saturated rings. The zero-order valence-electron chi connectivity index (χ0n) is 11.5. The van der Waals surface area contributed by atoms with Crippen molar-refractivity contribution in [2.75, 3.05) is 0 Å². The van der Waals surface area contributed by atoms with Crippen LogP contribution in [0.3, 0.4) is 0 Å². The van der Waals surface area contributed by atoms with E-state index in [0.717, 1.165) is 16.9 Å². The summed E-state index contributed by atoms with van der Waals surface area (Å²) >= 11 is 0. The molecule has 0 unspecified atom stereocenters. The second kappa shape index (κ2) is 4.65.